The average Bonchev–Trinajstić information content (AvgIpc) is 3.34. The van der Waals surface area contributed by atoms with Crippen LogP contribution >= 0.6 is 0 Å². The molecule has 0 saturated carbocycles. The van der Waals surface area contributed by atoms with Crippen LogP contribution in [0.3, 0.4) is 0 Å². The molecular weight excluding hydrogens is 769 g/mol. The molecule has 0 heterocycles. The zero-order chi connectivity index (χ0) is 43.1. The number of fused-ring (bicyclic) bond motifs is 2. The highest BCUT2D eigenvalue weighted by Gasteiger charge is 2.16. The highest BCUT2D eigenvalue weighted by molar-refractivity contribution is 6.10. The van der Waals surface area contributed by atoms with Crippen molar-refractivity contribution >= 4 is 80.0 Å². The van der Waals surface area contributed by atoms with Gasteiger partial charge in [0.2, 0.25) is 0 Å². The SMILES string of the molecule is COc1ccc(N(c2ccccc2)c2ccc(/C=C\c3ccc4c(C#N)c5cc(/C=C\c6ccc(N(c7ccccc7)c7ccc(C)cc7)cc6)ccc5c(C#N)c4c3)cc2)cc1. The first-order valence-electron chi connectivity index (χ1n) is 20.8. The standard InChI is InChI=1S/C58H42N4O/c1-41-13-25-48(26-14-41)61(46-9-5-3-6-10-46)49-27-19-42(20-28-49)15-17-44-23-35-53-55(37-44)57(39-59)54-36-24-45(38-56(54)58(53)40-60)18-16-43-21-29-50(30-22-43)62(47-11-7-4-8-12-47)51-31-33-52(63-2)34-32-51/h3-38H,1-2H3/b17-15-,18-16-. The van der Waals surface area contributed by atoms with Crippen LogP contribution < -0.4 is 14.5 Å². The van der Waals surface area contributed by atoms with Crippen LogP contribution in [0, 0.1) is 29.6 Å². The first kappa shape index (κ1) is 39.8. The van der Waals surface area contributed by atoms with Gasteiger partial charge in [0.1, 0.15) is 17.9 Å². The number of methoxy groups -OCH3 is 1. The Bertz CT molecular complexity index is 3200. The van der Waals surface area contributed by atoms with Crippen LogP contribution in [-0.2, 0) is 0 Å². The highest BCUT2D eigenvalue weighted by Crippen LogP contribution is 2.38. The molecule has 0 bridgehead atoms. The summed E-state index contributed by atoms with van der Waals surface area (Å²) in [5.74, 6) is 0.807. The summed E-state index contributed by atoms with van der Waals surface area (Å²) >= 11 is 0. The smallest absolute Gasteiger partial charge is 0.119 e. The van der Waals surface area contributed by atoms with Gasteiger partial charge in [-0.1, -0.05) is 127 Å². The first-order valence-corrected chi connectivity index (χ1v) is 20.8. The van der Waals surface area contributed by atoms with E-state index in [2.05, 4.69) is 168 Å². The fourth-order valence-electron chi connectivity index (χ4n) is 8.04. The van der Waals surface area contributed by atoms with Crippen molar-refractivity contribution in [2.45, 2.75) is 6.92 Å². The van der Waals surface area contributed by atoms with Gasteiger partial charge in [-0.25, -0.2) is 0 Å². The molecule has 0 aliphatic heterocycles. The Balaban J connectivity index is 0.969. The molecule has 0 atom stereocenters. The molecule has 0 fully saturated rings. The third-order valence-corrected chi connectivity index (χ3v) is 11.3. The van der Waals surface area contributed by atoms with E-state index in [4.69, 9.17) is 4.74 Å². The summed E-state index contributed by atoms with van der Waals surface area (Å²) in [7, 11) is 1.67. The minimum absolute atomic E-state index is 0.556. The minimum atomic E-state index is 0.556. The molecule has 9 aromatic carbocycles. The zero-order valence-corrected chi connectivity index (χ0v) is 35.0. The Morgan fingerprint density at radius 1 is 0.381 bits per heavy atom. The van der Waals surface area contributed by atoms with Crippen molar-refractivity contribution < 1.29 is 4.74 Å². The third kappa shape index (κ3) is 8.41. The molecule has 0 unspecified atom stereocenters. The summed E-state index contributed by atoms with van der Waals surface area (Å²) in [6, 6.07) is 71.1. The lowest BCUT2D eigenvalue weighted by Gasteiger charge is -2.25. The molecule has 300 valence electrons. The maximum Gasteiger partial charge on any atom is 0.119 e. The van der Waals surface area contributed by atoms with Gasteiger partial charge in [-0.05, 0) is 126 Å². The molecule has 0 spiro atoms. The number of ether oxygens (including phenoxy) is 1. The predicted octanol–water partition coefficient (Wildman–Crippen LogP) is 15.3. The molecule has 0 amide bonds. The molecule has 5 nitrogen and oxygen atoms in total. The van der Waals surface area contributed by atoms with E-state index in [1.54, 1.807) is 7.11 Å². The minimum Gasteiger partial charge on any atom is -0.497 e. The number of hydrogen-bond acceptors (Lipinski definition) is 5. The Morgan fingerprint density at radius 2 is 0.714 bits per heavy atom. The molecular formula is C58H42N4O. The van der Waals surface area contributed by atoms with Crippen molar-refractivity contribution in [3.63, 3.8) is 0 Å². The van der Waals surface area contributed by atoms with E-state index in [-0.39, 0.29) is 0 Å². The Labute approximate surface area is 368 Å². The Kier molecular flexibility index (Phi) is 11.3. The summed E-state index contributed by atoms with van der Waals surface area (Å²) in [6.45, 7) is 2.10. The van der Waals surface area contributed by atoms with Crippen molar-refractivity contribution in [2.24, 2.45) is 0 Å². The van der Waals surface area contributed by atoms with Crippen molar-refractivity contribution in [3.05, 3.63) is 233 Å². The second kappa shape index (κ2) is 17.9. The van der Waals surface area contributed by atoms with Gasteiger partial charge in [0.25, 0.3) is 0 Å². The maximum absolute atomic E-state index is 10.5. The fraction of sp³-hybridized carbons (Fsp3) is 0.0345. The molecule has 9 aromatic rings. The Morgan fingerprint density at radius 3 is 1.10 bits per heavy atom. The summed E-state index contributed by atoms with van der Waals surface area (Å²) in [5, 5.41) is 24.1. The lowest BCUT2D eigenvalue weighted by Crippen LogP contribution is -2.09. The van der Waals surface area contributed by atoms with Crippen LogP contribution in [-0.4, -0.2) is 7.11 Å². The van der Waals surface area contributed by atoms with Crippen molar-refractivity contribution in [1.29, 1.82) is 10.5 Å². The first-order chi connectivity index (χ1) is 31.0. The largest absolute Gasteiger partial charge is 0.497 e. The molecule has 0 aliphatic rings. The van der Waals surface area contributed by atoms with Gasteiger partial charge < -0.3 is 14.5 Å². The van der Waals surface area contributed by atoms with Gasteiger partial charge in [0, 0.05) is 55.7 Å². The summed E-state index contributed by atoms with van der Waals surface area (Å²) in [4.78, 5) is 4.46. The molecule has 0 saturated heterocycles. The van der Waals surface area contributed by atoms with E-state index in [1.807, 2.05) is 78.9 Å². The summed E-state index contributed by atoms with van der Waals surface area (Å²) in [5.41, 5.74) is 12.6. The van der Waals surface area contributed by atoms with Crippen LogP contribution in [0.4, 0.5) is 34.1 Å². The zero-order valence-electron chi connectivity index (χ0n) is 35.0. The number of aryl methyl sites for hydroxylation is 1. The topological polar surface area (TPSA) is 63.3 Å². The predicted molar refractivity (Wildman–Crippen MR) is 262 cm³/mol. The van der Waals surface area contributed by atoms with Crippen molar-refractivity contribution in [3.8, 4) is 17.9 Å². The fourth-order valence-corrected chi connectivity index (χ4v) is 8.04. The number of anilines is 6. The third-order valence-electron chi connectivity index (χ3n) is 11.3. The van der Waals surface area contributed by atoms with Gasteiger partial charge in [-0.3, -0.25) is 0 Å². The van der Waals surface area contributed by atoms with Gasteiger partial charge in [0.15, 0.2) is 0 Å². The van der Waals surface area contributed by atoms with Crippen LogP contribution in [0.1, 0.15) is 38.9 Å². The van der Waals surface area contributed by atoms with Gasteiger partial charge >= 0.3 is 0 Å². The number of hydrogen-bond donors (Lipinski definition) is 0. The lowest BCUT2D eigenvalue weighted by molar-refractivity contribution is 0.415. The monoisotopic (exact) mass is 810 g/mol. The number of benzene rings is 9. The molecule has 9 rings (SSSR count). The highest BCUT2D eigenvalue weighted by atomic mass is 16.5. The van der Waals surface area contributed by atoms with Crippen LogP contribution in [0.15, 0.2) is 194 Å². The number of rotatable bonds is 11. The molecule has 0 radical (unpaired) electrons. The van der Waals surface area contributed by atoms with E-state index < -0.39 is 0 Å². The van der Waals surface area contributed by atoms with Crippen LogP contribution in [0.25, 0.3) is 45.8 Å². The van der Waals surface area contributed by atoms with Crippen molar-refractivity contribution in [1.82, 2.24) is 0 Å². The Hall–Kier alpha value is -8.64. The van der Waals surface area contributed by atoms with Gasteiger partial charge in [-0.2, -0.15) is 10.5 Å². The normalized spacial score (nSPS) is 11.2. The average molecular weight is 811 g/mol. The van der Waals surface area contributed by atoms with Gasteiger partial charge in [0.05, 0.1) is 18.2 Å². The molecule has 0 N–H and O–H groups in total. The van der Waals surface area contributed by atoms with Crippen molar-refractivity contribution in [2.75, 3.05) is 16.9 Å². The molecule has 0 aromatic heterocycles. The maximum atomic E-state index is 10.5. The quantitative estimate of drug-likeness (QED) is 0.0962. The molecule has 5 heteroatoms. The van der Waals surface area contributed by atoms with E-state index in [0.29, 0.717) is 11.1 Å². The number of nitrogens with zero attached hydrogens (tertiary/aromatic N) is 4. The lowest BCUT2D eigenvalue weighted by atomic mass is 9.90. The van der Waals surface area contributed by atoms with E-state index in [9.17, 15) is 10.5 Å². The van der Waals surface area contributed by atoms with E-state index in [0.717, 1.165) is 83.7 Å². The molecule has 63 heavy (non-hydrogen) atoms. The number of nitriles is 2. The number of para-hydroxylation sites is 2. The molecule has 0 aliphatic carbocycles. The van der Waals surface area contributed by atoms with Crippen LogP contribution in [0.5, 0.6) is 5.75 Å². The van der Waals surface area contributed by atoms with Gasteiger partial charge in [-0.15, -0.1) is 0 Å². The second-order valence-electron chi connectivity index (χ2n) is 15.3. The summed E-state index contributed by atoms with van der Waals surface area (Å²) < 4.78 is 5.40. The van der Waals surface area contributed by atoms with Crippen LogP contribution in [0.2, 0.25) is 0 Å². The summed E-state index contributed by atoms with van der Waals surface area (Å²) in [6.07, 6.45) is 8.25. The van der Waals surface area contributed by atoms with E-state index in [1.165, 1.54) is 5.56 Å². The van der Waals surface area contributed by atoms with E-state index >= 15 is 0 Å². The second-order valence-corrected chi connectivity index (χ2v) is 15.3.